The van der Waals surface area contributed by atoms with Crippen molar-refractivity contribution in [3.05, 3.63) is 11.1 Å². The Labute approximate surface area is 73.8 Å². The van der Waals surface area contributed by atoms with E-state index in [9.17, 15) is 4.79 Å². The standard InChI is InChI=1S/C11H16O/c1-7(2)8-5-11(9(8)12)6-10(11,3)4/h5-6H2,1-4H3. The van der Waals surface area contributed by atoms with Crippen molar-refractivity contribution in [3.8, 4) is 0 Å². The van der Waals surface area contributed by atoms with Crippen LogP contribution in [-0.4, -0.2) is 5.78 Å². The van der Waals surface area contributed by atoms with Gasteiger partial charge in [0.1, 0.15) is 0 Å². The highest BCUT2D eigenvalue weighted by molar-refractivity contribution is 6.10. The van der Waals surface area contributed by atoms with E-state index in [0.717, 1.165) is 18.4 Å². The minimum Gasteiger partial charge on any atom is -0.294 e. The Morgan fingerprint density at radius 3 is 2.08 bits per heavy atom. The van der Waals surface area contributed by atoms with Gasteiger partial charge in [-0.3, -0.25) is 4.79 Å². The Kier molecular flexibility index (Phi) is 1.23. The van der Waals surface area contributed by atoms with Crippen molar-refractivity contribution in [1.29, 1.82) is 0 Å². The van der Waals surface area contributed by atoms with E-state index in [-0.39, 0.29) is 5.41 Å². The third-order valence-corrected chi connectivity index (χ3v) is 3.71. The van der Waals surface area contributed by atoms with Gasteiger partial charge in [0.2, 0.25) is 0 Å². The first kappa shape index (κ1) is 8.03. The van der Waals surface area contributed by atoms with Gasteiger partial charge in [0.05, 0.1) is 0 Å². The van der Waals surface area contributed by atoms with Crippen molar-refractivity contribution >= 4 is 5.78 Å². The molecule has 2 saturated carbocycles. The molecule has 12 heavy (non-hydrogen) atoms. The second-order valence-corrected chi connectivity index (χ2v) is 5.13. The molecule has 2 fully saturated rings. The second kappa shape index (κ2) is 1.84. The Morgan fingerprint density at radius 2 is 1.83 bits per heavy atom. The van der Waals surface area contributed by atoms with Crippen LogP contribution in [0.15, 0.2) is 11.1 Å². The summed E-state index contributed by atoms with van der Waals surface area (Å²) in [5, 5.41) is 0. The zero-order valence-corrected chi connectivity index (χ0v) is 8.32. The molecule has 1 atom stereocenters. The highest BCUT2D eigenvalue weighted by atomic mass is 16.1. The quantitative estimate of drug-likeness (QED) is 0.503. The fraction of sp³-hybridized carbons (Fsp3) is 0.727. The molecule has 1 spiro atoms. The summed E-state index contributed by atoms with van der Waals surface area (Å²) in [7, 11) is 0. The zero-order valence-electron chi connectivity index (χ0n) is 8.32. The first-order valence-corrected chi connectivity index (χ1v) is 4.62. The van der Waals surface area contributed by atoms with Crippen molar-refractivity contribution in [2.45, 2.75) is 40.5 Å². The molecule has 2 aliphatic carbocycles. The Bertz CT molecular complexity index is 292. The van der Waals surface area contributed by atoms with Crippen LogP contribution in [0.5, 0.6) is 0 Å². The normalized spacial score (nSPS) is 36.7. The predicted molar refractivity (Wildman–Crippen MR) is 48.8 cm³/mol. The fourth-order valence-corrected chi connectivity index (χ4v) is 2.45. The maximum absolute atomic E-state index is 11.7. The van der Waals surface area contributed by atoms with Crippen LogP contribution in [0.3, 0.4) is 0 Å². The van der Waals surface area contributed by atoms with Crippen LogP contribution in [-0.2, 0) is 4.79 Å². The smallest absolute Gasteiger partial charge is 0.165 e. The molecule has 0 aromatic heterocycles. The lowest BCUT2D eigenvalue weighted by Gasteiger charge is -2.32. The Hall–Kier alpha value is -0.590. The van der Waals surface area contributed by atoms with Gasteiger partial charge in [-0.15, -0.1) is 0 Å². The number of hydrogen-bond acceptors (Lipinski definition) is 1. The molecular weight excluding hydrogens is 148 g/mol. The summed E-state index contributed by atoms with van der Waals surface area (Å²) in [6, 6.07) is 0. The summed E-state index contributed by atoms with van der Waals surface area (Å²) in [6.45, 7) is 8.48. The van der Waals surface area contributed by atoms with E-state index < -0.39 is 0 Å². The van der Waals surface area contributed by atoms with Crippen molar-refractivity contribution in [2.75, 3.05) is 0 Å². The Balaban J connectivity index is 2.24. The first-order chi connectivity index (χ1) is 5.41. The summed E-state index contributed by atoms with van der Waals surface area (Å²) in [6.07, 6.45) is 2.15. The highest BCUT2D eigenvalue weighted by Crippen LogP contribution is 2.73. The largest absolute Gasteiger partial charge is 0.294 e. The summed E-state index contributed by atoms with van der Waals surface area (Å²) in [5.41, 5.74) is 2.69. The number of allylic oxidation sites excluding steroid dienone is 2. The molecule has 0 radical (unpaired) electrons. The lowest BCUT2D eigenvalue weighted by atomic mass is 9.69. The van der Waals surface area contributed by atoms with Gasteiger partial charge in [0, 0.05) is 5.41 Å². The minimum atomic E-state index is 0.0829. The zero-order chi connectivity index (χ0) is 9.15. The third-order valence-electron chi connectivity index (χ3n) is 3.71. The van der Waals surface area contributed by atoms with Crippen LogP contribution in [0.4, 0.5) is 0 Å². The number of rotatable bonds is 0. The van der Waals surface area contributed by atoms with Gasteiger partial charge < -0.3 is 0 Å². The van der Waals surface area contributed by atoms with E-state index in [1.807, 2.05) is 13.8 Å². The lowest BCUT2D eigenvalue weighted by molar-refractivity contribution is -0.126. The van der Waals surface area contributed by atoms with Gasteiger partial charge in [-0.2, -0.15) is 0 Å². The molecule has 0 bridgehead atoms. The van der Waals surface area contributed by atoms with E-state index in [1.54, 1.807) is 0 Å². The molecule has 2 aliphatic rings. The molecule has 0 aromatic carbocycles. The van der Waals surface area contributed by atoms with E-state index in [0.29, 0.717) is 11.2 Å². The molecule has 1 nitrogen and oxygen atoms in total. The summed E-state index contributed by atoms with van der Waals surface area (Å²) in [5.74, 6) is 0.438. The van der Waals surface area contributed by atoms with Crippen molar-refractivity contribution < 1.29 is 4.79 Å². The molecule has 0 aromatic rings. The summed E-state index contributed by atoms with van der Waals surface area (Å²) < 4.78 is 0. The first-order valence-electron chi connectivity index (χ1n) is 4.62. The second-order valence-electron chi connectivity index (χ2n) is 5.13. The van der Waals surface area contributed by atoms with E-state index in [4.69, 9.17) is 0 Å². The molecule has 0 heterocycles. The number of ketones is 1. The minimum absolute atomic E-state index is 0.0829. The number of hydrogen-bond donors (Lipinski definition) is 0. The third kappa shape index (κ3) is 0.675. The van der Waals surface area contributed by atoms with Gasteiger partial charge in [0.25, 0.3) is 0 Å². The van der Waals surface area contributed by atoms with Crippen LogP contribution >= 0.6 is 0 Å². The SMILES string of the molecule is CC(C)=C1CC2(CC2(C)C)C1=O. The predicted octanol–water partition coefficient (Wildman–Crippen LogP) is 2.71. The summed E-state index contributed by atoms with van der Waals surface area (Å²) >= 11 is 0. The van der Waals surface area contributed by atoms with Crippen LogP contribution in [0.2, 0.25) is 0 Å². The van der Waals surface area contributed by atoms with E-state index in [1.165, 1.54) is 5.57 Å². The average molecular weight is 164 g/mol. The molecule has 66 valence electrons. The van der Waals surface area contributed by atoms with Crippen molar-refractivity contribution in [2.24, 2.45) is 10.8 Å². The molecule has 2 rings (SSSR count). The van der Waals surface area contributed by atoms with Crippen molar-refractivity contribution in [3.63, 3.8) is 0 Å². The molecule has 1 unspecified atom stereocenters. The number of carbonyl (C=O) groups excluding carboxylic acids is 1. The van der Waals surface area contributed by atoms with Gasteiger partial charge in [-0.1, -0.05) is 19.4 Å². The van der Waals surface area contributed by atoms with Crippen molar-refractivity contribution in [1.82, 2.24) is 0 Å². The van der Waals surface area contributed by atoms with Gasteiger partial charge in [0.15, 0.2) is 5.78 Å². The number of carbonyl (C=O) groups is 1. The highest BCUT2D eigenvalue weighted by Gasteiger charge is 2.71. The van der Waals surface area contributed by atoms with Gasteiger partial charge in [-0.05, 0) is 37.7 Å². The molecule has 0 amide bonds. The maximum Gasteiger partial charge on any atom is 0.165 e. The Morgan fingerprint density at radius 1 is 1.33 bits per heavy atom. The average Bonchev–Trinajstić information content (AvgIpc) is 2.51. The van der Waals surface area contributed by atoms with Crippen LogP contribution in [0.1, 0.15) is 40.5 Å². The fourth-order valence-electron chi connectivity index (χ4n) is 2.45. The lowest BCUT2D eigenvalue weighted by Crippen LogP contribution is -2.35. The van der Waals surface area contributed by atoms with Crippen LogP contribution < -0.4 is 0 Å². The van der Waals surface area contributed by atoms with Crippen LogP contribution in [0.25, 0.3) is 0 Å². The maximum atomic E-state index is 11.7. The van der Waals surface area contributed by atoms with Crippen LogP contribution in [0, 0.1) is 10.8 Å². The molecule has 1 heteroatoms. The van der Waals surface area contributed by atoms with Gasteiger partial charge >= 0.3 is 0 Å². The molecule has 0 aliphatic heterocycles. The molecular formula is C11H16O. The summed E-state index contributed by atoms with van der Waals surface area (Å²) in [4.78, 5) is 11.7. The topological polar surface area (TPSA) is 17.1 Å². The molecule has 0 saturated heterocycles. The monoisotopic (exact) mass is 164 g/mol. The van der Waals surface area contributed by atoms with E-state index in [2.05, 4.69) is 13.8 Å². The van der Waals surface area contributed by atoms with E-state index >= 15 is 0 Å². The van der Waals surface area contributed by atoms with Gasteiger partial charge in [-0.25, -0.2) is 0 Å². The molecule has 0 N–H and O–H groups in total. The number of Topliss-reactive ketones (excluding diaryl/α,β-unsaturated/α-hetero) is 1.